The first kappa shape index (κ1) is 19.1. The molecule has 3 aromatic carbocycles. The molecule has 0 radical (unpaired) electrons. The van der Waals surface area contributed by atoms with Crippen molar-refractivity contribution < 1.29 is 14.6 Å². The van der Waals surface area contributed by atoms with Gasteiger partial charge < -0.3 is 5.32 Å². The predicted octanol–water partition coefficient (Wildman–Crippen LogP) is 4.91. The molecular formula is C19H13N3O5S. The number of anilines is 1. The number of nitrogens with one attached hydrogen (secondary N) is 1. The van der Waals surface area contributed by atoms with Crippen LogP contribution in [-0.4, -0.2) is 15.8 Å². The van der Waals surface area contributed by atoms with Gasteiger partial charge in [0.25, 0.3) is 17.3 Å². The van der Waals surface area contributed by atoms with Crippen LogP contribution in [0.4, 0.5) is 17.1 Å². The maximum absolute atomic E-state index is 12.8. The average Bonchev–Trinajstić information content (AvgIpc) is 2.69. The highest BCUT2D eigenvalue weighted by molar-refractivity contribution is 7.99. The number of carbonyl (C=O) groups excluding carboxylic acids is 1. The highest BCUT2D eigenvalue weighted by atomic mass is 32.2. The molecule has 0 aliphatic carbocycles. The number of rotatable bonds is 6. The number of non-ortho nitro benzene ring substituents is 1. The number of nitro groups is 2. The second-order valence-electron chi connectivity index (χ2n) is 5.58. The molecule has 0 fully saturated rings. The molecule has 0 spiro atoms. The maximum Gasteiger partial charge on any atom is 0.283 e. The molecule has 0 heterocycles. The van der Waals surface area contributed by atoms with Crippen molar-refractivity contribution >= 4 is 34.7 Å². The summed E-state index contributed by atoms with van der Waals surface area (Å²) in [6.45, 7) is 0. The molecule has 3 aromatic rings. The van der Waals surface area contributed by atoms with Crippen LogP contribution in [0.1, 0.15) is 10.4 Å². The minimum Gasteiger partial charge on any atom is -0.322 e. The fourth-order valence-corrected chi connectivity index (χ4v) is 3.43. The van der Waals surface area contributed by atoms with Gasteiger partial charge in [0.1, 0.15) is 5.56 Å². The van der Waals surface area contributed by atoms with Gasteiger partial charge in [0, 0.05) is 33.7 Å². The zero-order valence-corrected chi connectivity index (χ0v) is 15.1. The van der Waals surface area contributed by atoms with Gasteiger partial charge in [-0.05, 0) is 30.3 Å². The van der Waals surface area contributed by atoms with Gasteiger partial charge in [-0.3, -0.25) is 25.0 Å². The van der Waals surface area contributed by atoms with Crippen LogP contribution in [0.5, 0.6) is 0 Å². The van der Waals surface area contributed by atoms with Crippen molar-refractivity contribution in [1.29, 1.82) is 0 Å². The molecule has 9 heteroatoms. The third-order valence-corrected chi connectivity index (χ3v) is 4.80. The number of nitrogens with zero attached hydrogens (tertiary/aromatic N) is 2. The van der Waals surface area contributed by atoms with Gasteiger partial charge in [-0.25, -0.2) is 0 Å². The molecule has 0 saturated heterocycles. The third kappa shape index (κ3) is 4.33. The van der Waals surface area contributed by atoms with Crippen molar-refractivity contribution in [2.75, 3.05) is 5.32 Å². The second kappa shape index (κ2) is 8.31. The van der Waals surface area contributed by atoms with Crippen molar-refractivity contribution in [1.82, 2.24) is 0 Å². The van der Waals surface area contributed by atoms with E-state index in [2.05, 4.69) is 5.32 Å². The van der Waals surface area contributed by atoms with Gasteiger partial charge in [-0.15, -0.1) is 0 Å². The van der Waals surface area contributed by atoms with Crippen molar-refractivity contribution in [2.24, 2.45) is 0 Å². The largest absolute Gasteiger partial charge is 0.322 e. The summed E-state index contributed by atoms with van der Waals surface area (Å²) in [6.07, 6.45) is 0. The normalized spacial score (nSPS) is 10.3. The number of hydrogen-bond acceptors (Lipinski definition) is 6. The van der Waals surface area contributed by atoms with Crippen LogP contribution >= 0.6 is 11.8 Å². The first-order valence-corrected chi connectivity index (χ1v) is 8.83. The average molecular weight is 395 g/mol. The zero-order chi connectivity index (χ0) is 20.1. The van der Waals surface area contributed by atoms with Crippen LogP contribution in [0.15, 0.2) is 82.6 Å². The topological polar surface area (TPSA) is 115 Å². The maximum atomic E-state index is 12.8. The highest BCUT2D eigenvalue weighted by Gasteiger charge is 2.24. The third-order valence-electron chi connectivity index (χ3n) is 3.73. The first-order valence-electron chi connectivity index (χ1n) is 8.02. The number of hydrogen-bond donors (Lipinski definition) is 1. The van der Waals surface area contributed by atoms with E-state index in [0.29, 0.717) is 15.5 Å². The Morgan fingerprint density at radius 3 is 2.11 bits per heavy atom. The molecule has 0 aromatic heterocycles. The van der Waals surface area contributed by atoms with E-state index in [1.54, 1.807) is 36.4 Å². The minimum absolute atomic E-state index is 0.0644. The summed E-state index contributed by atoms with van der Waals surface area (Å²) >= 11 is 1.12. The molecular weight excluding hydrogens is 382 g/mol. The lowest BCUT2D eigenvalue weighted by atomic mass is 10.1. The van der Waals surface area contributed by atoms with E-state index in [4.69, 9.17) is 0 Å². The van der Waals surface area contributed by atoms with Crippen LogP contribution < -0.4 is 5.32 Å². The van der Waals surface area contributed by atoms with Crippen LogP contribution in [0.25, 0.3) is 0 Å². The first-order chi connectivity index (χ1) is 13.5. The zero-order valence-electron chi connectivity index (χ0n) is 14.3. The Labute approximate surface area is 163 Å². The number of benzene rings is 3. The van der Waals surface area contributed by atoms with E-state index in [1.165, 1.54) is 36.4 Å². The smallest absolute Gasteiger partial charge is 0.283 e. The summed E-state index contributed by atoms with van der Waals surface area (Å²) in [4.78, 5) is 34.9. The Hall–Kier alpha value is -3.72. The number of carbonyl (C=O) groups is 1. The van der Waals surface area contributed by atoms with Crippen LogP contribution in [-0.2, 0) is 0 Å². The molecule has 8 nitrogen and oxygen atoms in total. The van der Waals surface area contributed by atoms with Crippen molar-refractivity contribution in [3.63, 3.8) is 0 Å². The summed E-state index contributed by atoms with van der Waals surface area (Å²) in [5.74, 6) is -0.608. The van der Waals surface area contributed by atoms with Crippen molar-refractivity contribution in [3.8, 4) is 0 Å². The molecule has 3 rings (SSSR count). The summed E-state index contributed by atoms with van der Waals surface area (Å²) in [5.41, 5.74) is 0.0578. The fourth-order valence-electron chi connectivity index (χ4n) is 2.46. The van der Waals surface area contributed by atoms with Crippen molar-refractivity contribution in [3.05, 3.63) is 98.6 Å². The van der Waals surface area contributed by atoms with Gasteiger partial charge in [-0.2, -0.15) is 0 Å². The number of para-hydroxylation sites is 1. The Kier molecular flexibility index (Phi) is 5.66. The lowest BCUT2D eigenvalue weighted by Gasteiger charge is -2.10. The van der Waals surface area contributed by atoms with Gasteiger partial charge in [0.05, 0.1) is 9.85 Å². The molecule has 0 saturated carbocycles. The summed E-state index contributed by atoms with van der Waals surface area (Å²) in [6, 6.07) is 18.7. The van der Waals surface area contributed by atoms with E-state index >= 15 is 0 Å². The summed E-state index contributed by atoms with van der Waals surface area (Å²) < 4.78 is 0. The minimum atomic E-state index is -0.611. The van der Waals surface area contributed by atoms with Crippen LogP contribution in [0.3, 0.4) is 0 Å². The lowest BCUT2D eigenvalue weighted by Crippen LogP contribution is -2.15. The highest BCUT2D eigenvalue weighted by Crippen LogP contribution is 2.36. The van der Waals surface area contributed by atoms with Gasteiger partial charge >= 0.3 is 0 Å². The number of nitro benzene ring substituents is 2. The summed E-state index contributed by atoms with van der Waals surface area (Å²) in [7, 11) is 0. The predicted molar refractivity (Wildman–Crippen MR) is 105 cm³/mol. The van der Waals surface area contributed by atoms with Gasteiger partial charge in [0.2, 0.25) is 0 Å². The van der Waals surface area contributed by atoms with E-state index in [9.17, 15) is 25.0 Å². The molecule has 0 aliphatic heterocycles. The van der Waals surface area contributed by atoms with Gasteiger partial charge in [0.15, 0.2) is 0 Å². The van der Waals surface area contributed by atoms with E-state index in [0.717, 1.165) is 11.8 Å². The van der Waals surface area contributed by atoms with Gasteiger partial charge in [-0.1, -0.05) is 36.0 Å². The van der Waals surface area contributed by atoms with E-state index in [-0.39, 0.29) is 16.9 Å². The number of amides is 1. The monoisotopic (exact) mass is 395 g/mol. The van der Waals surface area contributed by atoms with Crippen LogP contribution in [0, 0.1) is 20.2 Å². The molecule has 1 N–H and O–H groups in total. The van der Waals surface area contributed by atoms with Crippen molar-refractivity contribution in [2.45, 2.75) is 9.79 Å². The molecule has 0 atom stereocenters. The standard InChI is InChI=1S/C19H13N3O5S/c23-19(20-13-5-2-1-3-6-13)18-16(22(26)27)7-4-8-17(18)28-15-11-9-14(10-12-15)21(24)25/h1-12H,(H,20,23). The molecule has 1 amide bonds. The molecule has 140 valence electrons. The molecule has 0 aliphatic rings. The Balaban J connectivity index is 1.96. The molecule has 28 heavy (non-hydrogen) atoms. The molecule has 0 bridgehead atoms. The Morgan fingerprint density at radius 1 is 0.821 bits per heavy atom. The van der Waals surface area contributed by atoms with E-state index in [1.807, 2.05) is 0 Å². The molecule has 0 unspecified atom stereocenters. The lowest BCUT2D eigenvalue weighted by molar-refractivity contribution is -0.385. The Bertz CT molecular complexity index is 1040. The fraction of sp³-hybridized carbons (Fsp3) is 0. The second-order valence-corrected chi connectivity index (χ2v) is 6.70. The quantitative estimate of drug-likeness (QED) is 0.468. The SMILES string of the molecule is O=C(Nc1ccccc1)c1c(Sc2ccc([N+](=O)[O-])cc2)cccc1[N+](=O)[O-]. The Morgan fingerprint density at radius 2 is 1.50 bits per heavy atom. The summed E-state index contributed by atoms with van der Waals surface area (Å²) in [5, 5.41) is 24.9. The van der Waals surface area contributed by atoms with E-state index < -0.39 is 15.8 Å². The van der Waals surface area contributed by atoms with Crippen LogP contribution in [0.2, 0.25) is 0 Å².